The van der Waals surface area contributed by atoms with Gasteiger partial charge < -0.3 is 14.8 Å². The van der Waals surface area contributed by atoms with Crippen LogP contribution < -0.4 is 14.8 Å². The summed E-state index contributed by atoms with van der Waals surface area (Å²) in [6.07, 6.45) is 4.36. The van der Waals surface area contributed by atoms with Crippen LogP contribution in [0.15, 0.2) is 47.6 Å². The van der Waals surface area contributed by atoms with Crippen LogP contribution in [-0.2, 0) is 4.79 Å². The Balaban J connectivity index is 1.29. The molecule has 0 aliphatic carbocycles. The number of rotatable bonds is 6. The largest absolute Gasteiger partial charge is 0.490 e. The van der Waals surface area contributed by atoms with Crippen molar-refractivity contribution in [2.75, 3.05) is 24.3 Å². The highest BCUT2D eigenvalue weighted by Gasteiger charge is 2.12. The Kier molecular flexibility index (Phi) is 6.29. The third kappa shape index (κ3) is 5.38. The molecule has 1 aliphatic heterocycles. The molecule has 0 unspecified atom stereocenters. The first-order valence-corrected chi connectivity index (χ1v) is 10.3. The summed E-state index contributed by atoms with van der Waals surface area (Å²) in [7, 11) is 0. The molecule has 0 bridgehead atoms. The standard InChI is InChI=1S/C21H19FN4O3S/c22-15-5-2-14(3-6-15)4-9-19-24-21(26-25-19)30-13-20(27)23-16-7-8-17-18(12-16)29-11-1-10-28-17/h2-9,12H,1,10-11,13H2,(H,23,27)(H,24,25,26)/b9-4+. The van der Waals surface area contributed by atoms with E-state index in [2.05, 4.69) is 20.5 Å². The fourth-order valence-electron chi connectivity index (χ4n) is 2.71. The van der Waals surface area contributed by atoms with E-state index in [4.69, 9.17) is 9.47 Å². The third-order valence-electron chi connectivity index (χ3n) is 4.15. The van der Waals surface area contributed by atoms with Crippen molar-refractivity contribution in [1.29, 1.82) is 0 Å². The summed E-state index contributed by atoms with van der Waals surface area (Å²) >= 11 is 1.22. The summed E-state index contributed by atoms with van der Waals surface area (Å²) in [5, 5.41) is 10.2. The highest BCUT2D eigenvalue weighted by molar-refractivity contribution is 7.99. The van der Waals surface area contributed by atoms with Crippen LogP contribution in [0.3, 0.4) is 0 Å². The van der Waals surface area contributed by atoms with Gasteiger partial charge in [-0.1, -0.05) is 30.0 Å². The van der Waals surface area contributed by atoms with Gasteiger partial charge in [-0.15, -0.1) is 5.10 Å². The second-order valence-electron chi connectivity index (χ2n) is 6.44. The normalized spacial score (nSPS) is 13.2. The molecule has 1 aliphatic rings. The number of fused-ring (bicyclic) bond motifs is 1. The molecule has 7 nitrogen and oxygen atoms in total. The number of thioether (sulfide) groups is 1. The van der Waals surface area contributed by atoms with Gasteiger partial charge in [0, 0.05) is 18.2 Å². The highest BCUT2D eigenvalue weighted by atomic mass is 32.2. The van der Waals surface area contributed by atoms with Gasteiger partial charge in [-0.2, -0.15) is 0 Å². The highest BCUT2D eigenvalue weighted by Crippen LogP contribution is 2.32. The van der Waals surface area contributed by atoms with Crippen molar-refractivity contribution < 1.29 is 18.7 Å². The molecule has 0 fully saturated rings. The molecule has 9 heteroatoms. The lowest BCUT2D eigenvalue weighted by molar-refractivity contribution is -0.113. The third-order valence-corrected chi connectivity index (χ3v) is 5.00. The van der Waals surface area contributed by atoms with Crippen LogP contribution in [-0.4, -0.2) is 40.1 Å². The van der Waals surface area contributed by atoms with Crippen molar-refractivity contribution in [3.63, 3.8) is 0 Å². The minimum Gasteiger partial charge on any atom is -0.490 e. The topological polar surface area (TPSA) is 89.1 Å². The summed E-state index contributed by atoms with van der Waals surface area (Å²) in [6, 6.07) is 11.4. The molecule has 3 aromatic rings. The molecule has 2 N–H and O–H groups in total. The second-order valence-corrected chi connectivity index (χ2v) is 7.38. The predicted octanol–water partition coefficient (Wildman–Crippen LogP) is 4.01. The number of anilines is 1. The summed E-state index contributed by atoms with van der Waals surface area (Å²) < 4.78 is 24.2. The first-order chi connectivity index (χ1) is 14.7. The number of H-pyrrole nitrogens is 1. The number of hydrogen-bond acceptors (Lipinski definition) is 6. The van der Waals surface area contributed by atoms with Gasteiger partial charge in [-0.25, -0.2) is 9.37 Å². The first-order valence-electron chi connectivity index (χ1n) is 9.34. The summed E-state index contributed by atoms with van der Waals surface area (Å²) in [5.74, 6) is 1.56. The van der Waals surface area contributed by atoms with Crippen LogP contribution in [0.4, 0.5) is 10.1 Å². The van der Waals surface area contributed by atoms with E-state index in [0.717, 1.165) is 12.0 Å². The Labute approximate surface area is 176 Å². The Morgan fingerprint density at radius 2 is 1.93 bits per heavy atom. The van der Waals surface area contributed by atoms with Gasteiger partial charge in [0.2, 0.25) is 11.1 Å². The number of carbonyl (C=O) groups is 1. The van der Waals surface area contributed by atoms with E-state index < -0.39 is 0 Å². The number of halogens is 1. The van der Waals surface area contributed by atoms with E-state index in [1.807, 2.05) is 0 Å². The first kappa shape index (κ1) is 20.0. The van der Waals surface area contributed by atoms with E-state index in [1.165, 1.54) is 23.9 Å². The lowest BCUT2D eigenvalue weighted by Crippen LogP contribution is -2.14. The van der Waals surface area contributed by atoms with Gasteiger partial charge in [0.1, 0.15) is 11.6 Å². The maximum atomic E-state index is 12.9. The number of nitrogens with one attached hydrogen (secondary N) is 2. The van der Waals surface area contributed by atoms with E-state index in [0.29, 0.717) is 41.4 Å². The Morgan fingerprint density at radius 1 is 1.13 bits per heavy atom. The number of benzene rings is 2. The van der Waals surface area contributed by atoms with Gasteiger partial charge >= 0.3 is 0 Å². The number of aromatic amines is 1. The molecule has 2 aromatic carbocycles. The van der Waals surface area contributed by atoms with Gasteiger partial charge in [0.25, 0.3) is 0 Å². The van der Waals surface area contributed by atoms with Gasteiger partial charge in [0.15, 0.2) is 11.5 Å². The SMILES string of the molecule is O=C(CSc1n[nH]c(/C=C/c2ccc(F)cc2)n1)Nc1ccc2c(c1)OCCCO2. The molecule has 154 valence electrons. The van der Waals surface area contributed by atoms with Crippen molar-refractivity contribution in [1.82, 2.24) is 15.2 Å². The average molecular weight is 426 g/mol. The minimum atomic E-state index is -0.282. The monoisotopic (exact) mass is 426 g/mol. The second kappa shape index (κ2) is 9.45. The Hall–Kier alpha value is -3.33. The number of ether oxygens (including phenoxy) is 2. The van der Waals surface area contributed by atoms with Gasteiger partial charge in [-0.05, 0) is 35.9 Å². The lowest BCUT2D eigenvalue weighted by atomic mass is 10.2. The molecule has 0 radical (unpaired) electrons. The molecule has 0 saturated heterocycles. The quantitative estimate of drug-likeness (QED) is 0.579. The molecule has 1 aromatic heterocycles. The zero-order chi connectivity index (χ0) is 20.8. The van der Waals surface area contributed by atoms with Crippen molar-refractivity contribution in [3.8, 4) is 11.5 Å². The molecule has 4 rings (SSSR count). The zero-order valence-electron chi connectivity index (χ0n) is 15.9. The van der Waals surface area contributed by atoms with Crippen LogP contribution in [0.25, 0.3) is 12.2 Å². The molecule has 30 heavy (non-hydrogen) atoms. The number of amides is 1. The maximum Gasteiger partial charge on any atom is 0.234 e. The fourth-order valence-corrected chi connectivity index (χ4v) is 3.32. The van der Waals surface area contributed by atoms with E-state index in [1.54, 1.807) is 42.5 Å². The van der Waals surface area contributed by atoms with E-state index in [9.17, 15) is 9.18 Å². The van der Waals surface area contributed by atoms with Crippen molar-refractivity contribution >= 4 is 35.5 Å². The molecule has 0 spiro atoms. The van der Waals surface area contributed by atoms with Crippen molar-refractivity contribution in [3.05, 3.63) is 59.7 Å². The number of nitrogens with zero attached hydrogens (tertiary/aromatic N) is 2. The van der Waals surface area contributed by atoms with Gasteiger partial charge in [-0.3, -0.25) is 9.89 Å². The smallest absolute Gasteiger partial charge is 0.234 e. The minimum absolute atomic E-state index is 0.160. The lowest BCUT2D eigenvalue weighted by Gasteiger charge is -2.10. The number of carbonyl (C=O) groups excluding carboxylic acids is 1. The molecular formula is C21H19FN4O3S. The van der Waals surface area contributed by atoms with Crippen molar-refractivity contribution in [2.45, 2.75) is 11.6 Å². The molecule has 0 atom stereocenters. The Bertz CT molecular complexity index is 1050. The molecular weight excluding hydrogens is 407 g/mol. The van der Waals surface area contributed by atoms with Crippen LogP contribution in [0.1, 0.15) is 17.8 Å². The van der Waals surface area contributed by atoms with Crippen LogP contribution >= 0.6 is 11.8 Å². The van der Waals surface area contributed by atoms with E-state index in [-0.39, 0.29) is 17.5 Å². The van der Waals surface area contributed by atoms with Gasteiger partial charge in [0.05, 0.1) is 19.0 Å². The van der Waals surface area contributed by atoms with Crippen LogP contribution in [0.5, 0.6) is 11.5 Å². The number of aromatic nitrogens is 3. The molecule has 2 heterocycles. The Morgan fingerprint density at radius 3 is 2.77 bits per heavy atom. The number of hydrogen-bond donors (Lipinski definition) is 2. The molecule has 1 amide bonds. The predicted molar refractivity (Wildman–Crippen MR) is 113 cm³/mol. The molecule has 0 saturated carbocycles. The summed E-state index contributed by atoms with van der Waals surface area (Å²) in [5.41, 5.74) is 1.49. The summed E-state index contributed by atoms with van der Waals surface area (Å²) in [4.78, 5) is 16.6. The van der Waals surface area contributed by atoms with Crippen molar-refractivity contribution in [2.24, 2.45) is 0 Å². The average Bonchev–Trinajstić information content (AvgIpc) is 3.08. The summed E-state index contributed by atoms with van der Waals surface area (Å²) in [6.45, 7) is 1.20. The van der Waals surface area contributed by atoms with E-state index >= 15 is 0 Å². The van der Waals surface area contributed by atoms with Crippen LogP contribution in [0, 0.1) is 5.82 Å². The fraction of sp³-hybridized carbons (Fsp3) is 0.190. The maximum absolute atomic E-state index is 12.9. The van der Waals surface area contributed by atoms with Crippen LogP contribution in [0.2, 0.25) is 0 Å². The zero-order valence-corrected chi connectivity index (χ0v) is 16.7.